The zero-order valence-electron chi connectivity index (χ0n) is 32.0. The van der Waals surface area contributed by atoms with Crippen LogP contribution in [0.3, 0.4) is 0 Å². The molecule has 10 N–H and O–H groups in total. The summed E-state index contributed by atoms with van der Waals surface area (Å²) in [5, 5.41) is 5.94. The minimum Gasteiger partial charge on any atom is -0.385 e. The molecular weight excluding hydrogens is 787 g/mol. The van der Waals surface area contributed by atoms with Gasteiger partial charge in [-0.1, -0.05) is 7.43 Å². The number of nitrogens with zero attached hydrogens (tertiary/aromatic N) is 7. The van der Waals surface area contributed by atoms with Crippen LogP contribution in [-0.4, -0.2) is 51.9 Å². The molecule has 2 aliphatic heterocycles. The van der Waals surface area contributed by atoms with Crippen LogP contribution < -0.4 is 45.3 Å². The van der Waals surface area contributed by atoms with Gasteiger partial charge >= 0.3 is 17.1 Å². The van der Waals surface area contributed by atoms with E-state index in [1.54, 1.807) is 56.4 Å². The Morgan fingerprint density at radius 2 is 1.44 bits per heavy atom. The maximum absolute atomic E-state index is 11.6. The highest BCUT2D eigenvalue weighted by Gasteiger charge is 2.27. The second kappa shape index (κ2) is 16.8. The number of thiophene rings is 3. The molecule has 0 saturated carbocycles. The average Bonchev–Trinajstić information content (AvgIpc) is 3.87. The van der Waals surface area contributed by atoms with Crippen LogP contribution in [-0.2, 0) is 44.8 Å². The molecule has 0 aliphatic carbocycles. The fourth-order valence-electron chi connectivity index (χ4n) is 6.51. The van der Waals surface area contributed by atoms with Crippen molar-refractivity contribution in [3.05, 3.63) is 85.5 Å². The van der Waals surface area contributed by atoms with E-state index in [-0.39, 0.29) is 24.7 Å². The third kappa shape index (κ3) is 8.11. The van der Waals surface area contributed by atoms with Gasteiger partial charge in [0.15, 0.2) is 0 Å². The fourth-order valence-corrected chi connectivity index (χ4v) is 10.2. The number of aromatic amines is 1. The van der Waals surface area contributed by atoms with Crippen LogP contribution >= 0.6 is 34.0 Å². The second-order valence-corrected chi connectivity index (χ2v) is 16.8. The molecular formula is C37H47N13O4S3. The number of carbonyl (C=O) groups excluding carboxylic acids is 1. The number of amidine groups is 1. The SMILES string of the molecule is C.CCn1c(=O)nc(N)c2c(C)c(C)sc21.Cc1sc2c(c(N)nc(=O)n2C)c1C.Cn1ccc2c(N)[nH]c(=O)nc21.NC1=NC(=O)Cc2sc3c(c21)CCNC3. The molecule has 7 aromatic heterocycles. The zero-order chi connectivity index (χ0) is 40.7. The van der Waals surface area contributed by atoms with Crippen LogP contribution in [0.1, 0.15) is 56.1 Å². The summed E-state index contributed by atoms with van der Waals surface area (Å²) in [6.45, 7) is 12.5. The number of hydrogen-bond donors (Lipinski definition) is 6. The molecule has 1 amide bonds. The molecule has 0 aromatic carbocycles. The molecule has 0 fully saturated rings. The predicted octanol–water partition coefficient (Wildman–Crippen LogP) is 3.53. The Labute approximate surface area is 339 Å². The number of nitrogens with one attached hydrogen (secondary N) is 2. The van der Waals surface area contributed by atoms with E-state index in [1.165, 1.54) is 24.8 Å². The number of aromatic nitrogens is 7. The molecule has 0 radical (unpaired) electrons. The highest BCUT2D eigenvalue weighted by atomic mass is 32.1. The number of nitrogens with two attached hydrogens (primary N) is 4. The van der Waals surface area contributed by atoms with Crippen LogP contribution in [0.25, 0.3) is 31.5 Å². The first kappa shape index (κ1) is 42.4. The van der Waals surface area contributed by atoms with Crippen LogP contribution in [0.2, 0.25) is 0 Å². The summed E-state index contributed by atoms with van der Waals surface area (Å²) in [5.41, 5.74) is 27.1. The molecule has 20 heteroatoms. The van der Waals surface area contributed by atoms with Crippen LogP contribution in [0.5, 0.6) is 0 Å². The Kier molecular flexibility index (Phi) is 12.5. The van der Waals surface area contributed by atoms with E-state index in [2.05, 4.69) is 30.2 Å². The monoisotopic (exact) mass is 833 g/mol. The highest BCUT2D eigenvalue weighted by Crippen LogP contribution is 2.34. The van der Waals surface area contributed by atoms with E-state index >= 15 is 0 Å². The van der Waals surface area contributed by atoms with Crippen molar-refractivity contribution in [3.63, 3.8) is 0 Å². The van der Waals surface area contributed by atoms with E-state index in [0.29, 0.717) is 41.9 Å². The van der Waals surface area contributed by atoms with Gasteiger partial charge in [0.05, 0.1) is 22.6 Å². The van der Waals surface area contributed by atoms with Gasteiger partial charge in [0.2, 0.25) is 0 Å². The van der Waals surface area contributed by atoms with E-state index in [4.69, 9.17) is 22.9 Å². The summed E-state index contributed by atoms with van der Waals surface area (Å²) in [7, 11) is 3.53. The molecule has 2 aliphatic rings. The van der Waals surface area contributed by atoms with E-state index in [1.807, 2.05) is 47.7 Å². The lowest BCUT2D eigenvalue weighted by molar-refractivity contribution is -0.117. The summed E-state index contributed by atoms with van der Waals surface area (Å²) in [6.07, 6.45) is 3.22. The number of aliphatic imine (C=N–C) groups is 1. The molecule has 7 aromatic rings. The third-order valence-electron chi connectivity index (χ3n) is 9.65. The van der Waals surface area contributed by atoms with Crippen molar-refractivity contribution in [2.24, 2.45) is 24.8 Å². The molecule has 0 unspecified atom stereocenters. The van der Waals surface area contributed by atoms with Gasteiger partial charge in [-0.2, -0.15) is 19.9 Å². The number of nitrogen functional groups attached to an aromatic ring is 3. The number of fused-ring (bicyclic) bond motifs is 6. The normalized spacial score (nSPS) is 13.0. The first-order valence-electron chi connectivity index (χ1n) is 17.5. The molecule has 9 rings (SSSR count). The standard InChI is InChI=1S/C10H11N3OS.C10H13N3OS.C9H11N3OS.C7H8N4O.CH4/c11-10-9-5-1-2-12-4-7(5)15-6(9)3-8(14)13-10;1-4-13-9-7(5(2)6(3)15-9)8(11)12-10(13)14;1-4-5(2)14-8-6(4)7(10)11-9(13)12(8)3;1-11-3-2-4-5(8)9-7(12)10-6(4)11;/h12H,1-4H2,(H2,11,13,14);4H2,1-3H3,(H2,11,12,14);1-3H3,(H2,10,11,13);2-3H,1H3,(H3,8,9,10,12);1H4. The lowest BCUT2D eigenvalue weighted by atomic mass is 9.99. The lowest BCUT2D eigenvalue weighted by Crippen LogP contribution is -2.27. The first-order valence-corrected chi connectivity index (χ1v) is 20.0. The number of H-pyrrole nitrogens is 1. The van der Waals surface area contributed by atoms with Gasteiger partial charge < -0.3 is 32.8 Å². The molecule has 57 heavy (non-hydrogen) atoms. The largest absolute Gasteiger partial charge is 0.385 e. The molecule has 17 nitrogen and oxygen atoms in total. The summed E-state index contributed by atoms with van der Waals surface area (Å²) >= 11 is 4.88. The first-order chi connectivity index (χ1) is 26.5. The van der Waals surface area contributed by atoms with Gasteiger partial charge in [0, 0.05) is 58.5 Å². The van der Waals surface area contributed by atoms with Gasteiger partial charge in [-0.3, -0.25) is 18.9 Å². The van der Waals surface area contributed by atoms with Crippen molar-refractivity contribution in [2.45, 2.75) is 68.0 Å². The summed E-state index contributed by atoms with van der Waals surface area (Å²) < 4.78 is 4.95. The molecule has 9 heterocycles. The van der Waals surface area contributed by atoms with Crippen molar-refractivity contribution in [1.82, 2.24) is 39.0 Å². The topological polar surface area (TPSA) is 266 Å². The van der Waals surface area contributed by atoms with Gasteiger partial charge in [-0.25, -0.2) is 14.4 Å². The highest BCUT2D eigenvalue weighted by molar-refractivity contribution is 7.19. The number of aryl methyl sites for hydroxylation is 7. The molecule has 0 atom stereocenters. The Bertz CT molecular complexity index is 2890. The fraction of sp³-hybridized carbons (Fsp3) is 0.351. The maximum atomic E-state index is 11.6. The molecule has 0 saturated heterocycles. The lowest BCUT2D eigenvalue weighted by Gasteiger charge is -2.15. The van der Waals surface area contributed by atoms with Gasteiger partial charge in [0.1, 0.15) is 38.6 Å². The van der Waals surface area contributed by atoms with Gasteiger partial charge in [-0.15, -0.1) is 34.0 Å². The Balaban J connectivity index is 0.000000145. The van der Waals surface area contributed by atoms with Crippen LogP contribution in [0.4, 0.5) is 17.5 Å². The minimum absolute atomic E-state index is 0. The summed E-state index contributed by atoms with van der Waals surface area (Å²) in [5.74, 6) is 1.35. The predicted molar refractivity (Wildman–Crippen MR) is 234 cm³/mol. The molecule has 0 bridgehead atoms. The van der Waals surface area contributed by atoms with Crippen LogP contribution in [0, 0.1) is 27.7 Å². The minimum atomic E-state index is -0.415. The van der Waals surface area contributed by atoms with Crippen molar-refractivity contribution < 1.29 is 4.79 Å². The maximum Gasteiger partial charge on any atom is 0.350 e. The Morgan fingerprint density at radius 1 is 0.825 bits per heavy atom. The third-order valence-corrected chi connectivity index (χ3v) is 13.4. The zero-order valence-corrected chi connectivity index (χ0v) is 34.4. The van der Waals surface area contributed by atoms with Crippen LogP contribution in [0.15, 0.2) is 31.6 Å². The number of carbonyl (C=O) groups is 1. The number of hydrogen-bond acceptors (Lipinski definition) is 15. The summed E-state index contributed by atoms with van der Waals surface area (Å²) in [4.78, 5) is 69.4. The van der Waals surface area contributed by atoms with Crippen molar-refractivity contribution >= 4 is 94.7 Å². The Morgan fingerprint density at radius 3 is 2.09 bits per heavy atom. The smallest absolute Gasteiger partial charge is 0.350 e. The van der Waals surface area contributed by atoms with E-state index in [9.17, 15) is 19.2 Å². The quantitative estimate of drug-likeness (QED) is 0.139. The van der Waals surface area contributed by atoms with Gasteiger partial charge in [0.25, 0.3) is 5.91 Å². The average molecular weight is 834 g/mol. The van der Waals surface area contributed by atoms with Crippen molar-refractivity contribution in [3.8, 4) is 0 Å². The molecule has 302 valence electrons. The van der Waals surface area contributed by atoms with E-state index < -0.39 is 5.69 Å². The number of anilines is 3. The number of rotatable bonds is 1. The van der Waals surface area contributed by atoms with E-state index in [0.717, 1.165) is 66.9 Å². The summed E-state index contributed by atoms with van der Waals surface area (Å²) in [6, 6.07) is 1.81. The number of amides is 1. The van der Waals surface area contributed by atoms with Crippen molar-refractivity contribution in [2.75, 3.05) is 23.7 Å². The molecule has 0 spiro atoms. The Hall–Kier alpha value is -5.70. The van der Waals surface area contributed by atoms with Crippen molar-refractivity contribution in [1.29, 1.82) is 0 Å². The van der Waals surface area contributed by atoms with Gasteiger partial charge in [-0.05, 0) is 70.3 Å². The second-order valence-electron chi connectivity index (χ2n) is 13.2.